The lowest BCUT2D eigenvalue weighted by molar-refractivity contribution is -0.119. The van der Waals surface area contributed by atoms with Gasteiger partial charge in [-0.25, -0.2) is 0 Å². The Morgan fingerprint density at radius 1 is 1.12 bits per heavy atom. The molecule has 0 heterocycles. The van der Waals surface area contributed by atoms with Crippen molar-refractivity contribution < 1.29 is 19.1 Å². The van der Waals surface area contributed by atoms with E-state index in [1.807, 2.05) is 30.3 Å². The Morgan fingerprint density at radius 2 is 1.88 bits per heavy atom. The molecule has 2 rings (SSSR count). The molecule has 0 saturated carbocycles. The van der Waals surface area contributed by atoms with E-state index in [-0.39, 0.29) is 11.9 Å². The molecule has 5 nitrogen and oxygen atoms in total. The number of rotatable bonds is 10. The summed E-state index contributed by atoms with van der Waals surface area (Å²) in [4.78, 5) is 17.1. The average molecular weight is 355 g/mol. The Hall–Kier alpha value is -2.82. The van der Waals surface area contributed by atoms with Crippen LogP contribution in [-0.2, 0) is 16.1 Å². The van der Waals surface area contributed by atoms with Gasteiger partial charge in [-0.2, -0.15) is 0 Å². The second-order valence-electron chi connectivity index (χ2n) is 6.00. The largest absolute Gasteiger partial charge is 0.497 e. The van der Waals surface area contributed by atoms with Crippen molar-refractivity contribution >= 4 is 12.0 Å². The summed E-state index contributed by atoms with van der Waals surface area (Å²) in [5.41, 5.74) is 1.99. The van der Waals surface area contributed by atoms with Crippen LogP contribution in [0.5, 0.6) is 11.5 Å². The lowest BCUT2D eigenvalue weighted by atomic mass is 10.0. The number of benzene rings is 2. The van der Waals surface area contributed by atoms with Gasteiger partial charge in [-0.05, 0) is 37.5 Å². The first-order chi connectivity index (χ1) is 12.6. The van der Waals surface area contributed by atoms with Gasteiger partial charge < -0.3 is 14.3 Å². The number of carbonyl (C=O) groups is 1. The summed E-state index contributed by atoms with van der Waals surface area (Å²) in [7, 11) is 3.19. The standard InChI is InChI=1S/C21H25NO4/c1-16(23)13-20(11-9-17-7-5-4-6-8-17)26-22-15-18-10-12-19(24-2)14-21(18)25-3/h4-8,10,12,14-15,20H,9,11,13H2,1-3H3/b22-15+. The van der Waals surface area contributed by atoms with Crippen LogP contribution in [0.4, 0.5) is 0 Å². The fourth-order valence-electron chi connectivity index (χ4n) is 2.58. The summed E-state index contributed by atoms with van der Waals surface area (Å²) in [6.45, 7) is 1.56. The number of ether oxygens (including phenoxy) is 2. The van der Waals surface area contributed by atoms with Gasteiger partial charge in [0, 0.05) is 18.1 Å². The van der Waals surface area contributed by atoms with E-state index in [2.05, 4.69) is 17.3 Å². The number of methoxy groups -OCH3 is 2. The Labute approximate surface area is 154 Å². The Morgan fingerprint density at radius 3 is 2.54 bits per heavy atom. The Kier molecular flexibility index (Phi) is 7.68. The number of hydrogen-bond acceptors (Lipinski definition) is 5. The van der Waals surface area contributed by atoms with Crippen LogP contribution in [-0.4, -0.2) is 32.3 Å². The molecule has 0 fully saturated rings. The van der Waals surface area contributed by atoms with Gasteiger partial charge in [-0.3, -0.25) is 4.79 Å². The fraction of sp³-hybridized carbons (Fsp3) is 0.333. The van der Waals surface area contributed by atoms with Crippen molar-refractivity contribution in [3.05, 3.63) is 59.7 Å². The minimum atomic E-state index is -0.256. The first kappa shape index (κ1) is 19.5. The zero-order valence-electron chi connectivity index (χ0n) is 15.5. The molecule has 0 amide bonds. The monoisotopic (exact) mass is 355 g/mol. The number of nitrogens with zero attached hydrogens (tertiary/aromatic N) is 1. The van der Waals surface area contributed by atoms with Crippen LogP contribution in [0.25, 0.3) is 0 Å². The van der Waals surface area contributed by atoms with Crippen molar-refractivity contribution in [1.29, 1.82) is 0 Å². The van der Waals surface area contributed by atoms with Crippen molar-refractivity contribution in [1.82, 2.24) is 0 Å². The molecular formula is C21H25NO4. The van der Waals surface area contributed by atoms with E-state index in [9.17, 15) is 4.79 Å². The van der Waals surface area contributed by atoms with Gasteiger partial charge in [0.2, 0.25) is 0 Å². The van der Waals surface area contributed by atoms with Crippen molar-refractivity contribution in [2.45, 2.75) is 32.3 Å². The van der Waals surface area contributed by atoms with Crippen LogP contribution < -0.4 is 9.47 Å². The van der Waals surface area contributed by atoms with Gasteiger partial charge in [0.1, 0.15) is 23.4 Å². The molecule has 26 heavy (non-hydrogen) atoms. The van der Waals surface area contributed by atoms with Crippen molar-refractivity contribution in [2.24, 2.45) is 5.16 Å². The van der Waals surface area contributed by atoms with Gasteiger partial charge >= 0.3 is 0 Å². The third-order valence-electron chi connectivity index (χ3n) is 3.96. The number of oxime groups is 1. The van der Waals surface area contributed by atoms with Crippen LogP contribution in [0.1, 0.15) is 30.9 Å². The van der Waals surface area contributed by atoms with E-state index in [1.165, 1.54) is 5.56 Å². The van der Waals surface area contributed by atoms with Crippen molar-refractivity contribution in [3.8, 4) is 11.5 Å². The maximum Gasteiger partial charge on any atom is 0.134 e. The zero-order valence-corrected chi connectivity index (χ0v) is 15.5. The molecule has 0 saturated heterocycles. The van der Waals surface area contributed by atoms with Crippen LogP contribution in [0, 0.1) is 0 Å². The van der Waals surface area contributed by atoms with Crippen molar-refractivity contribution in [3.63, 3.8) is 0 Å². The highest BCUT2D eigenvalue weighted by Gasteiger charge is 2.13. The number of hydrogen-bond donors (Lipinski definition) is 0. The van der Waals surface area contributed by atoms with Crippen LogP contribution in [0.2, 0.25) is 0 Å². The number of aryl methyl sites for hydroxylation is 1. The van der Waals surface area contributed by atoms with Crippen molar-refractivity contribution in [2.75, 3.05) is 14.2 Å². The fourth-order valence-corrected chi connectivity index (χ4v) is 2.58. The van der Waals surface area contributed by atoms with Gasteiger partial charge in [-0.1, -0.05) is 35.5 Å². The van der Waals surface area contributed by atoms with Crippen LogP contribution in [0.15, 0.2) is 53.7 Å². The Bertz CT molecular complexity index is 728. The maximum atomic E-state index is 11.5. The molecule has 1 unspecified atom stereocenters. The summed E-state index contributed by atoms with van der Waals surface area (Å²) < 4.78 is 10.5. The highest BCUT2D eigenvalue weighted by Crippen LogP contribution is 2.23. The summed E-state index contributed by atoms with van der Waals surface area (Å²) in [5, 5.41) is 4.07. The molecule has 1 atom stereocenters. The lowest BCUT2D eigenvalue weighted by Crippen LogP contribution is -2.15. The quantitative estimate of drug-likeness (QED) is 0.477. The molecular weight excluding hydrogens is 330 g/mol. The molecule has 0 radical (unpaired) electrons. The highest BCUT2D eigenvalue weighted by molar-refractivity contribution is 5.83. The maximum absolute atomic E-state index is 11.5. The van der Waals surface area contributed by atoms with Gasteiger partial charge in [0.05, 0.1) is 20.4 Å². The third-order valence-corrected chi connectivity index (χ3v) is 3.96. The molecule has 0 bridgehead atoms. The lowest BCUT2D eigenvalue weighted by Gasteiger charge is -2.13. The zero-order chi connectivity index (χ0) is 18.8. The Balaban J connectivity index is 1.99. The second kappa shape index (κ2) is 10.2. The first-order valence-corrected chi connectivity index (χ1v) is 8.57. The molecule has 2 aromatic carbocycles. The van der Waals surface area contributed by atoms with E-state index < -0.39 is 0 Å². The third kappa shape index (κ3) is 6.24. The predicted molar refractivity (Wildman–Crippen MR) is 102 cm³/mol. The molecule has 0 aromatic heterocycles. The summed E-state index contributed by atoms with van der Waals surface area (Å²) >= 11 is 0. The molecule has 0 aliphatic heterocycles. The van der Waals surface area contributed by atoms with E-state index in [4.69, 9.17) is 14.3 Å². The SMILES string of the molecule is COc1ccc(/C=N/OC(CCc2ccccc2)CC(C)=O)c(OC)c1. The smallest absolute Gasteiger partial charge is 0.134 e. The molecule has 2 aromatic rings. The molecule has 138 valence electrons. The van der Waals surface area contributed by atoms with Crippen LogP contribution >= 0.6 is 0 Å². The van der Waals surface area contributed by atoms with Crippen LogP contribution in [0.3, 0.4) is 0 Å². The summed E-state index contributed by atoms with van der Waals surface area (Å²) in [6.07, 6.45) is 3.23. The molecule has 5 heteroatoms. The number of ketones is 1. The summed E-state index contributed by atoms with van der Waals surface area (Å²) in [5.74, 6) is 1.43. The van der Waals surface area contributed by atoms with E-state index in [0.29, 0.717) is 17.9 Å². The van der Waals surface area contributed by atoms with Gasteiger partial charge in [0.25, 0.3) is 0 Å². The van der Waals surface area contributed by atoms with Gasteiger partial charge in [0.15, 0.2) is 0 Å². The normalized spacial score (nSPS) is 12.0. The molecule has 0 spiro atoms. The summed E-state index contributed by atoms with van der Waals surface area (Å²) in [6, 6.07) is 15.6. The highest BCUT2D eigenvalue weighted by atomic mass is 16.6. The number of carbonyl (C=O) groups excluding carboxylic acids is 1. The second-order valence-corrected chi connectivity index (χ2v) is 6.00. The molecule has 0 aliphatic carbocycles. The van der Waals surface area contributed by atoms with E-state index in [1.54, 1.807) is 33.4 Å². The van der Waals surface area contributed by atoms with Gasteiger partial charge in [-0.15, -0.1) is 0 Å². The average Bonchev–Trinajstić information content (AvgIpc) is 2.66. The first-order valence-electron chi connectivity index (χ1n) is 8.57. The predicted octanol–water partition coefficient (Wildman–Crippen LogP) is 4.03. The minimum absolute atomic E-state index is 0.0836. The number of Topliss-reactive ketones (excluding diaryl/α,β-unsaturated/α-hetero) is 1. The minimum Gasteiger partial charge on any atom is -0.497 e. The molecule has 0 N–H and O–H groups in total. The van der Waals surface area contributed by atoms with E-state index >= 15 is 0 Å². The van der Waals surface area contributed by atoms with E-state index in [0.717, 1.165) is 18.4 Å². The topological polar surface area (TPSA) is 57.1 Å². The molecule has 0 aliphatic rings.